The summed E-state index contributed by atoms with van der Waals surface area (Å²) in [6.07, 6.45) is 35.7. The van der Waals surface area contributed by atoms with Crippen molar-refractivity contribution in [2.24, 2.45) is 0 Å². The number of phosphoric ester groups is 1. The lowest BCUT2D eigenvalue weighted by molar-refractivity contribution is -0.161. The number of ether oxygens (including phenoxy) is 2. The maximum absolute atomic E-state index is 12.3. The Bertz CT molecular complexity index is 833. The average molecular weight is 657 g/mol. The first-order valence-corrected chi connectivity index (χ1v) is 19.3. The highest BCUT2D eigenvalue weighted by Gasteiger charge is 2.22. The minimum atomic E-state index is -4.75. The van der Waals surface area contributed by atoms with E-state index in [1.165, 1.54) is 38.5 Å². The van der Waals surface area contributed by atoms with Crippen LogP contribution in [0.1, 0.15) is 162 Å². The van der Waals surface area contributed by atoms with Gasteiger partial charge >= 0.3 is 19.8 Å². The molecule has 0 aliphatic rings. The molecule has 0 radical (unpaired) electrons. The molecule has 0 aromatic heterocycles. The third-order valence-corrected chi connectivity index (χ3v) is 7.87. The first kappa shape index (κ1) is 43.3. The Morgan fingerprint density at radius 1 is 0.578 bits per heavy atom. The van der Waals surface area contributed by atoms with Gasteiger partial charge in [0, 0.05) is 12.8 Å². The third kappa shape index (κ3) is 35.0. The number of carbonyl (C=O) groups excluding carboxylic acids is 2. The Morgan fingerprint density at radius 2 is 1.02 bits per heavy atom. The smallest absolute Gasteiger partial charge is 0.462 e. The van der Waals surface area contributed by atoms with Gasteiger partial charge in [-0.25, -0.2) is 4.57 Å². The van der Waals surface area contributed by atoms with Crippen LogP contribution in [0.5, 0.6) is 0 Å². The summed E-state index contributed by atoms with van der Waals surface area (Å²) in [7, 11) is -4.75. The first-order valence-electron chi connectivity index (χ1n) is 17.8. The second-order valence-electron chi connectivity index (χ2n) is 11.8. The Morgan fingerprint density at radius 3 is 1.56 bits per heavy atom. The van der Waals surface area contributed by atoms with Crippen molar-refractivity contribution in [3.8, 4) is 0 Å². The SMILES string of the molecule is CCCC/C=C\C/C=C\CCCCCCCC(=O)OC[C@H](COP(=O)(O)O)OC(=O)CCCCCCC/C=C\CCCCCC. The van der Waals surface area contributed by atoms with Crippen LogP contribution in [0.2, 0.25) is 0 Å². The minimum Gasteiger partial charge on any atom is -0.462 e. The molecule has 0 amide bonds. The number of unbranched alkanes of at least 4 members (excludes halogenated alkanes) is 16. The van der Waals surface area contributed by atoms with Crippen molar-refractivity contribution >= 4 is 19.8 Å². The van der Waals surface area contributed by atoms with E-state index in [4.69, 9.17) is 19.3 Å². The molecule has 0 spiro atoms. The standard InChI is InChI=1S/C36H65O8P/c1-3-5-7-9-11-13-15-17-19-20-22-24-26-28-30-35(37)42-32-34(33-43-45(39,40)41)44-36(38)31-29-27-25-23-21-18-16-14-12-10-8-6-4-2/h9,11,14-17,34H,3-8,10,12-13,18-33H2,1-2H3,(H2,39,40,41)/b11-9-,16-14-,17-15-/t34-/m1/s1. The Kier molecular flexibility index (Phi) is 31.0. The van der Waals surface area contributed by atoms with E-state index in [9.17, 15) is 14.2 Å². The predicted molar refractivity (Wildman–Crippen MR) is 184 cm³/mol. The van der Waals surface area contributed by atoms with Crippen molar-refractivity contribution in [1.29, 1.82) is 0 Å². The quantitative estimate of drug-likeness (QED) is 0.0318. The monoisotopic (exact) mass is 656 g/mol. The number of carbonyl (C=O) groups is 2. The van der Waals surface area contributed by atoms with Gasteiger partial charge in [-0.1, -0.05) is 121 Å². The summed E-state index contributed by atoms with van der Waals surface area (Å²) in [6.45, 7) is 3.59. The lowest BCUT2D eigenvalue weighted by Gasteiger charge is -2.18. The summed E-state index contributed by atoms with van der Waals surface area (Å²) in [5.74, 6) is -0.914. The van der Waals surface area contributed by atoms with Crippen LogP contribution in [-0.2, 0) is 28.2 Å². The van der Waals surface area contributed by atoms with E-state index in [2.05, 4.69) is 54.8 Å². The Labute approximate surface area is 274 Å². The van der Waals surface area contributed by atoms with Crippen LogP contribution < -0.4 is 0 Å². The molecule has 0 aliphatic carbocycles. The summed E-state index contributed by atoms with van der Waals surface area (Å²) >= 11 is 0. The maximum Gasteiger partial charge on any atom is 0.469 e. The summed E-state index contributed by atoms with van der Waals surface area (Å²) in [6, 6.07) is 0. The lowest BCUT2D eigenvalue weighted by atomic mass is 10.1. The molecule has 1 atom stereocenters. The number of rotatable bonds is 32. The molecule has 2 N–H and O–H groups in total. The maximum atomic E-state index is 12.3. The van der Waals surface area contributed by atoms with Gasteiger partial charge in [0.25, 0.3) is 0 Å². The van der Waals surface area contributed by atoms with Crippen molar-refractivity contribution in [2.45, 2.75) is 168 Å². The second-order valence-corrected chi connectivity index (χ2v) is 13.1. The van der Waals surface area contributed by atoms with Crippen molar-refractivity contribution in [3.63, 3.8) is 0 Å². The molecule has 8 nitrogen and oxygen atoms in total. The van der Waals surface area contributed by atoms with Crippen molar-refractivity contribution in [3.05, 3.63) is 36.5 Å². The van der Waals surface area contributed by atoms with E-state index in [1.54, 1.807) is 0 Å². The van der Waals surface area contributed by atoms with E-state index in [0.717, 1.165) is 83.5 Å². The van der Waals surface area contributed by atoms with Gasteiger partial charge in [0.05, 0.1) is 6.61 Å². The van der Waals surface area contributed by atoms with Crippen molar-refractivity contribution in [1.82, 2.24) is 0 Å². The second kappa shape index (κ2) is 32.2. The normalized spacial score (nSPS) is 12.9. The molecule has 0 unspecified atom stereocenters. The fourth-order valence-electron chi connectivity index (χ4n) is 4.68. The number of phosphoric acid groups is 1. The van der Waals surface area contributed by atoms with Gasteiger partial charge in [-0.3, -0.25) is 14.1 Å². The van der Waals surface area contributed by atoms with E-state index in [1.807, 2.05) is 0 Å². The van der Waals surface area contributed by atoms with Crippen LogP contribution >= 0.6 is 7.82 Å². The van der Waals surface area contributed by atoms with E-state index in [0.29, 0.717) is 12.8 Å². The predicted octanol–water partition coefficient (Wildman–Crippen LogP) is 10.2. The molecule has 0 heterocycles. The van der Waals surface area contributed by atoms with Gasteiger partial charge in [0.2, 0.25) is 0 Å². The largest absolute Gasteiger partial charge is 0.469 e. The fraction of sp³-hybridized carbons (Fsp3) is 0.778. The molecule has 0 rings (SSSR count). The zero-order valence-electron chi connectivity index (χ0n) is 28.5. The van der Waals surface area contributed by atoms with Crippen LogP contribution in [0.4, 0.5) is 0 Å². The molecule has 0 aliphatic heterocycles. The van der Waals surface area contributed by atoms with Gasteiger partial charge in [-0.05, 0) is 64.2 Å². The number of hydrogen-bond donors (Lipinski definition) is 2. The number of hydrogen-bond acceptors (Lipinski definition) is 6. The topological polar surface area (TPSA) is 119 Å². The van der Waals surface area contributed by atoms with Crippen LogP contribution in [0.3, 0.4) is 0 Å². The zero-order valence-corrected chi connectivity index (χ0v) is 29.4. The molecule has 0 aromatic carbocycles. The molecule has 0 saturated carbocycles. The Balaban J connectivity index is 4.03. The zero-order chi connectivity index (χ0) is 33.3. The molecule has 0 bridgehead atoms. The van der Waals surface area contributed by atoms with Crippen LogP contribution in [0.25, 0.3) is 0 Å². The molecular weight excluding hydrogens is 591 g/mol. The summed E-state index contributed by atoms with van der Waals surface area (Å²) < 4.78 is 26.2. The minimum absolute atomic E-state index is 0.198. The number of allylic oxidation sites excluding steroid dienone is 6. The average Bonchev–Trinajstić information content (AvgIpc) is 3.00. The van der Waals surface area contributed by atoms with Gasteiger partial charge in [-0.15, -0.1) is 0 Å². The van der Waals surface area contributed by atoms with Crippen LogP contribution in [0.15, 0.2) is 36.5 Å². The highest BCUT2D eigenvalue weighted by atomic mass is 31.2. The highest BCUT2D eigenvalue weighted by molar-refractivity contribution is 7.46. The van der Waals surface area contributed by atoms with Crippen molar-refractivity contribution < 1.29 is 37.9 Å². The van der Waals surface area contributed by atoms with Gasteiger partial charge in [0.15, 0.2) is 6.10 Å². The fourth-order valence-corrected chi connectivity index (χ4v) is 5.04. The van der Waals surface area contributed by atoms with Crippen LogP contribution in [-0.4, -0.2) is 41.0 Å². The third-order valence-electron chi connectivity index (χ3n) is 7.38. The van der Waals surface area contributed by atoms with Crippen LogP contribution in [0, 0.1) is 0 Å². The van der Waals surface area contributed by atoms with Gasteiger partial charge in [0.1, 0.15) is 6.61 Å². The van der Waals surface area contributed by atoms with E-state index < -0.39 is 32.5 Å². The van der Waals surface area contributed by atoms with E-state index in [-0.39, 0.29) is 19.4 Å². The molecular formula is C36H65O8P. The van der Waals surface area contributed by atoms with Gasteiger partial charge < -0.3 is 19.3 Å². The molecule has 262 valence electrons. The summed E-state index contributed by atoms with van der Waals surface area (Å²) in [4.78, 5) is 42.6. The highest BCUT2D eigenvalue weighted by Crippen LogP contribution is 2.35. The number of esters is 2. The van der Waals surface area contributed by atoms with Crippen molar-refractivity contribution in [2.75, 3.05) is 13.2 Å². The molecule has 9 heteroatoms. The molecule has 0 saturated heterocycles. The lowest BCUT2D eigenvalue weighted by Crippen LogP contribution is -2.29. The molecule has 0 aromatic rings. The summed E-state index contributed by atoms with van der Waals surface area (Å²) in [5.41, 5.74) is 0. The van der Waals surface area contributed by atoms with E-state index >= 15 is 0 Å². The molecule has 45 heavy (non-hydrogen) atoms. The summed E-state index contributed by atoms with van der Waals surface area (Å²) in [5, 5.41) is 0. The Hall–Kier alpha value is -1.73. The first-order chi connectivity index (χ1) is 21.8. The van der Waals surface area contributed by atoms with Gasteiger partial charge in [-0.2, -0.15) is 0 Å². The molecule has 0 fully saturated rings.